The lowest BCUT2D eigenvalue weighted by molar-refractivity contribution is 0.0685. The van der Waals surface area contributed by atoms with Crippen LogP contribution < -0.4 is 4.74 Å². The third-order valence-electron chi connectivity index (χ3n) is 6.23. The van der Waals surface area contributed by atoms with Crippen molar-refractivity contribution in [2.75, 3.05) is 6.61 Å². The summed E-state index contributed by atoms with van der Waals surface area (Å²) in [6.45, 7) is 1.05. The molecule has 0 unspecified atom stereocenters. The molecular formula is C31H27NO3. The fourth-order valence-corrected chi connectivity index (χ4v) is 4.62. The first-order valence-corrected chi connectivity index (χ1v) is 11.9. The molecule has 0 aliphatic heterocycles. The molecule has 1 aromatic heterocycles. The van der Waals surface area contributed by atoms with E-state index in [1.807, 2.05) is 83.4 Å². The molecule has 0 saturated carbocycles. The Balaban J connectivity index is 1.37. The van der Waals surface area contributed by atoms with E-state index in [0.29, 0.717) is 25.3 Å². The second-order valence-electron chi connectivity index (χ2n) is 8.51. The number of aromatic nitrogens is 1. The molecule has 4 heteroatoms. The van der Waals surface area contributed by atoms with E-state index in [4.69, 9.17) is 4.74 Å². The van der Waals surface area contributed by atoms with Gasteiger partial charge in [-0.3, -0.25) is 0 Å². The van der Waals surface area contributed by atoms with Gasteiger partial charge in [0.1, 0.15) is 11.4 Å². The van der Waals surface area contributed by atoms with Gasteiger partial charge in [0.05, 0.1) is 6.61 Å². The number of carboxylic acids is 1. The van der Waals surface area contributed by atoms with E-state index in [9.17, 15) is 9.90 Å². The number of hydrogen-bond donors (Lipinski definition) is 1. The van der Waals surface area contributed by atoms with Gasteiger partial charge in [0.2, 0.25) is 0 Å². The van der Waals surface area contributed by atoms with Crippen molar-refractivity contribution in [3.8, 4) is 5.75 Å². The topological polar surface area (TPSA) is 51.5 Å². The first kappa shape index (κ1) is 22.5. The Morgan fingerprint density at radius 1 is 0.829 bits per heavy atom. The Kier molecular flexibility index (Phi) is 6.62. The van der Waals surface area contributed by atoms with Crippen molar-refractivity contribution in [1.82, 2.24) is 4.57 Å². The van der Waals surface area contributed by atoms with Crippen LogP contribution >= 0.6 is 0 Å². The van der Waals surface area contributed by atoms with Crippen LogP contribution in [0.4, 0.5) is 0 Å². The summed E-state index contributed by atoms with van der Waals surface area (Å²) in [5, 5.41) is 13.3. The molecule has 0 atom stereocenters. The summed E-state index contributed by atoms with van der Waals surface area (Å²) >= 11 is 0. The van der Waals surface area contributed by atoms with E-state index < -0.39 is 5.97 Å². The molecule has 4 aromatic carbocycles. The molecule has 0 aliphatic rings. The average Bonchev–Trinajstić information content (AvgIpc) is 3.21. The van der Waals surface area contributed by atoms with E-state index in [2.05, 4.69) is 30.3 Å². The van der Waals surface area contributed by atoms with Crippen LogP contribution in [0.3, 0.4) is 0 Å². The minimum atomic E-state index is -0.921. The van der Waals surface area contributed by atoms with Crippen LogP contribution in [0, 0.1) is 0 Å². The Morgan fingerprint density at radius 2 is 1.54 bits per heavy atom. The highest BCUT2D eigenvalue weighted by atomic mass is 16.5. The maximum Gasteiger partial charge on any atom is 0.353 e. The van der Waals surface area contributed by atoms with Crippen LogP contribution in [0.5, 0.6) is 5.75 Å². The van der Waals surface area contributed by atoms with E-state index >= 15 is 0 Å². The van der Waals surface area contributed by atoms with Gasteiger partial charge in [-0.1, -0.05) is 97.1 Å². The highest BCUT2D eigenvalue weighted by molar-refractivity contribution is 6.02. The number of fused-ring (bicyclic) bond motifs is 2. The molecule has 0 saturated heterocycles. The predicted octanol–water partition coefficient (Wildman–Crippen LogP) is 7.22. The summed E-state index contributed by atoms with van der Waals surface area (Å²) < 4.78 is 8.01. The molecule has 174 valence electrons. The van der Waals surface area contributed by atoms with Gasteiger partial charge in [-0.2, -0.15) is 0 Å². The summed E-state index contributed by atoms with van der Waals surface area (Å²) in [6.07, 6.45) is 5.42. The Morgan fingerprint density at radius 3 is 2.37 bits per heavy atom. The molecule has 1 heterocycles. The van der Waals surface area contributed by atoms with Crippen LogP contribution in [0.2, 0.25) is 0 Å². The van der Waals surface area contributed by atoms with Crippen LogP contribution in [-0.4, -0.2) is 22.2 Å². The van der Waals surface area contributed by atoms with Crippen molar-refractivity contribution in [3.63, 3.8) is 0 Å². The highest BCUT2D eigenvalue weighted by Gasteiger charge is 2.20. The maximum absolute atomic E-state index is 12.4. The van der Waals surface area contributed by atoms with E-state index in [1.54, 1.807) is 0 Å². The van der Waals surface area contributed by atoms with Gasteiger partial charge >= 0.3 is 5.97 Å². The number of aryl methyl sites for hydroxylation is 1. The van der Waals surface area contributed by atoms with Crippen molar-refractivity contribution in [3.05, 3.63) is 120 Å². The van der Waals surface area contributed by atoms with Gasteiger partial charge < -0.3 is 14.4 Å². The van der Waals surface area contributed by atoms with Gasteiger partial charge in [-0.15, -0.1) is 0 Å². The molecule has 1 N–H and O–H groups in total. The standard InChI is InChI=1S/C31H27NO3/c33-31(34)30-27(18-8-13-23-11-2-1-3-12-23)26-17-6-7-19-28(26)32(30)21-10-22-35-29-20-9-15-24-14-4-5-16-25(24)29/h1-9,11-12,14-20H,10,13,21-22H2,(H,33,34). The second-order valence-corrected chi connectivity index (χ2v) is 8.51. The number of rotatable bonds is 9. The molecule has 35 heavy (non-hydrogen) atoms. The molecule has 0 bridgehead atoms. The van der Waals surface area contributed by atoms with Crippen molar-refractivity contribution in [2.24, 2.45) is 0 Å². The average molecular weight is 462 g/mol. The minimum absolute atomic E-state index is 0.320. The summed E-state index contributed by atoms with van der Waals surface area (Å²) in [4.78, 5) is 12.4. The number of hydrogen-bond acceptors (Lipinski definition) is 2. The van der Waals surface area contributed by atoms with Gasteiger partial charge in [0.25, 0.3) is 0 Å². The summed E-state index contributed by atoms with van der Waals surface area (Å²) in [5.74, 6) is -0.0704. The fourth-order valence-electron chi connectivity index (χ4n) is 4.62. The number of benzene rings is 4. The first-order valence-electron chi connectivity index (χ1n) is 11.9. The molecule has 0 radical (unpaired) electrons. The monoisotopic (exact) mass is 461 g/mol. The van der Waals surface area contributed by atoms with Gasteiger partial charge in [-0.05, 0) is 35.9 Å². The van der Waals surface area contributed by atoms with E-state index in [-0.39, 0.29) is 0 Å². The minimum Gasteiger partial charge on any atom is -0.493 e. The number of aromatic carboxylic acids is 1. The Labute approximate surface area is 204 Å². The predicted molar refractivity (Wildman–Crippen MR) is 142 cm³/mol. The quantitative estimate of drug-likeness (QED) is 0.236. The van der Waals surface area contributed by atoms with Crippen molar-refractivity contribution in [1.29, 1.82) is 0 Å². The fraction of sp³-hybridized carbons (Fsp3) is 0.129. The van der Waals surface area contributed by atoms with Gasteiger partial charge in [-0.25, -0.2) is 4.79 Å². The first-order chi connectivity index (χ1) is 17.2. The normalized spacial score (nSPS) is 11.4. The highest BCUT2D eigenvalue weighted by Crippen LogP contribution is 2.29. The number of allylic oxidation sites excluding steroid dienone is 1. The lowest BCUT2D eigenvalue weighted by Gasteiger charge is -2.11. The lowest BCUT2D eigenvalue weighted by Crippen LogP contribution is -2.12. The molecular weight excluding hydrogens is 434 g/mol. The summed E-state index contributed by atoms with van der Waals surface area (Å²) in [7, 11) is 0. The molecule has 0 amide bonds. The Hall–Kier alpha value is -4.31. The molecule has 0 spiro atoms. The van der Waals surface area contributed by atoms with Crippen molar-refractivity contribution in [2.45, 2.75) is 19.4 Å². The summed E-state index contributed by atoms with van der Waals surface area (Å²) in [6, 6.07) is 32.2. The SMILES string of the molecule is O=C(O)c1c(C=CCc2ccccc2)c2ccccc2n1CCCOc1cccc2ccccc12. The number of ether oxygens (including phenoxy) is 1. The number of para-hydroxylation sites is 1. The second kappa shape index (κ2) is 10.3. The van der Waals surface area contributed by atoms with Gasteiger partial charge in [0.15, 0.2) is 0 Å². The Bertz CT molecular complexity index is 1490. The zero-order valence-electron chi connectivity index (χ0n) is 19.4. The maximum atomic E-state index is 12.4. The number of nitrogens with zero attached hydrogens (tertiary/aromatic N) is 1. The lowest BCUT2D eigenvalue weighted by atomic mass is 10.1. The van der Waals surface area contributed by atoms with Crippen molar-refractivity contribution >= 4 is 33.7 Å². The zero-order valence-corrected chi connectivity index (χ0v) is 19.4. The van der Waals surface area contributed by atoms with Crippen LogP contribution in [0.25, 0.3) is 27.8 Å². The number of carbonyl (C=O) groups is 1. The van der Waals surface area contributed by atoms with Crippen LogP contribution in [0.1, 0.15) is 28.0 Å². The molecule has 5 aromatic rings. The molecule has 4 nitrogen and oxygen atoms in total. The molecule has 0 fully saturated rings. The largest absolute Gasteiger partial charge is 0.493 e. The van der Waals surface area contributed by atoms with Gasteiger partial charge in [0, 0.05) is 28.4 Å². The van der Waals surface area contributed by atoms with E-state index in [0.717, 1.165) is 39.4 Å². The van der Waals surface area contributed by atoms with Crippen LogP contribution in [-0.2, 0) is 13.0 Å². The summed E-state index contributed by atoms with van der Waals surface area (Å²) in [5.41, 5.74) is 3.18. The smallest absolute Gasteiger partial charge is 0.353 e. The third-order valence-corrected chi connectivity index (χ3v) is 6.23. The van der Waals surface area contributed by atoms with Crippen molar-refractivity contribution < 1.29 is 14.6 Å². The third kappa shape index (κ3) is 4.82. The number of carboxylic acid groups (broad SMARTS) is 1. The van der Waals surface area contributed by atoms with Crippen LogP contribution in [0.15, 0.2) is 103 Å². The van der Waals surface area contributed by atoms with E-state index in [1.165, 1.54) is 5.56 Å². The zero-order chi connectivity index (χ0) is 24.0. The molecule has 5 rings (SSSR count). The molecule has 0 aliphatic carbocycles.